The van der Waals surface area contributed by atoms with E-state index in [0.717, 1.165) is 17.5 Å². The van der Waals surface area contributed by atoms with Gasteiger partial charge in [-0.2, -0.15) is 0 Å². The van der Waals surface area contributed by atoms with Crippen molar-refractivity contribution in [3.63, 3.8) is 0 Å². The fraction of sp³-hybridized carbons (Fsp3) is 0.316. The third-order valence-corrected chi connectivity index (χ3v) is 3.71. The van der Waals surface area contributed by atoms with Crippen molar-refractivity contribution in [2.75, 3.05) is 6.61 Å². The van der Waals surface area contributed by atoms with Crippen LogP contribution < -0.4 is 10.6 Å². The van der Waals surface area contributed by atoms with Crippen LogP contribution in [-0.2, 0) is 0 Å². The topological polar surface area (TPSA) is 61.4 Å². The van der Waals surface area contributed by atoms with E-state index in [0.29, 0.717) is 6.42 Å². The number of benzene rings is 2. The maximum atomic E-state index is 12.3. The predicted octanol–water partition coefficient (Wildman–Crippen LogP) is 3.24. The lowest BCUT2D eigenvalue weighted by Crippen LogP contribution is -2.42. The summed E-state index contributed by atoms with van der Waals surface area (Å²) in [6, 6.07) is 19.4. The zero-order chi connectivity index (χ0) is 16.5. The summed E-state index contributed by atoms with van der Waals surface area (Å²) in [5.41, 5.74) is 2.08. The van der Waals surface area contributed by atoms with Gasteiger partial charge in [0.2, 0.25) is 0 Å². The Hall–Kier alpha value is -2.33. The number of carbonyl (C=O) groups excluding carboxylic acids is 1. The minimum absolute atomic E-state index is 0.0225. The molecule has 0 saturated heterocycles. The molecule has 3 N–H and O–H groups in total. The molecule has 0 radical (unpaired) electrons. The van der Waals surface area contributed by atoms with E-state index < -0.39 is 0 Å². The second-order valence-corrected chi connectivity index (χ2v) is 5.64. The second-order valence-electron chi connectivity index (χ2n) is 5.64. The molecule has 0 saturated carbocycles. The van der Waals surface area contributed by atoms with Crippen LogP contribution >= 0.6 is 0 Å². The van der Waals surface area contributed by atoms with Crippen molar-refractivity contribution in [1.29, 1.82) is 0 Å². The molecule has 2 rings (SSSR count). The summed E-state index contributed by atoms with van der Waals surface area (Å²) < 4.78 is 0. The molecule has 122 valence electrons. The van der Waals surface area contributed by atoms with E-state index in [9.17, 15) is 4.79 Å². The lowest BCUT2D eigenvalue weighted by molar-refractivity contribution is 0.232. The molecule has 0 spiro atoms. The zero-order valence-corrected chi connectivity index (χ0v) is 13.4. The van der Waals surface area contributed by atoms with Crippen LogP contribution in [0.5, 0.6) is 0 Å². The number of hydrogen-bond acceptors (Lipinski definition) is 2. The number of rotatable bonds is 7. The maximum Gasteiger partial charge on any atom is 0.315 e. The van der Waals surface area contributed by atoms with Gasteiger partial charge in [0.05, 0.1) is 6.04 Å². The number of hydrogen-bond donors (Lipinski definition) is 3. The van der Waals surface area contributed by atoms with E-state index in [2.05, 4.69) is 10.6 Å². The van der Waals surface area contributed by atoms with Gasteiger partial charge in [-0.15, -0.1) is 0 Å². The Balaban J connectivity index is 2.08. The smallest absolute Gasteiger partial charge is 0.315 e. The SMILES string of the molecule is CC(CCCO)NC(=O)NC(c1ccccc1)c1ccccc1. The van der Waals surface area contributed by atoms with Crippen LogP contribution in [-0.4, -0.2) is 23.8 Å². The molecule has 0 bridgehead atoms. The summed E-state index contributed by atoms with van der Waals surface area (Å²) >= 11 is 0. The van der Waals surface area contributed by atoms with Crippen molar-refractivity contribution in [3.8, 4) is 0 Å². The Morgan fingerprint density at radius 3 is 1.96 bits per heavy atom. The van der Waals surface area contributed by atoms with Crippen LogP contribution in [0.1, 0.15) is 36.9 Å². The van der Waals surface area contributed by atoms with Crippen molar-refractivity contribution in [2.45, 2.75) is 31.8 Å². The van der Waals surface area contributed by atoms with Gasteiger partial charge >= 0.3 is 6.03 Å². The largest absolute Gasteiger partial charge is 0.396 e. The normalized spacial score (nSPS) is 12.0. The van der Waals surface area contributed by atoms with Gasteiger partial charge in [-0.3, -0.25) is 0 Å². The van der Waals surface area contributed by atoms with Crippen molar-refractivity contribution >= 4 is 6.03 Å². The fourth-order valence-electron chi connectivity index (χ4n) is 2.52. The van der Waals surface area contributed by atoms with Crippen molar-refractivity contribution in [1.82, 2.24) is 10.6 Å². The average molecular weight is 312 g/mol. The predicted molar refractivity (Wildman–Crippen MR) is 92.2 cm³/mol. The van der Waals surface area contributed by atoms with E-state index in [-0.39, 0.29) is 24.7 Å². The molecular weight excluding hydrogens is 288 g/mol. The van der Waals surface area contributed by atoms with Gasteiger partial charge in [0, 0.05) is 12.6 Å². The molecule has 0 aliphatic heterocycles. The highest BCUT2D eigenvalue weighted by molar-refractivity contribution is 5.75. The standard InChI is InChI=1S/C19H24N2O2/c1-15(9-8-14-22)20-19(23)21-18(16-10-4-2-5-11-16)17-12-6-3-7-13-17/h2-7,10-13,15,18,22H,8-9,14H2,1H3,(H2,20,21,23). The zero-order valence-electron chi connectivity index (χ0n) is 13.4. The molecule has 2 amide bonds. The first-order valence-corrected chi connectivity index (χ1v) is 7.98. The number of aliphatic hydroxyl groups excluding tert-OH is 1. The summed E-state index contributed by atoms with van der Waals surface area (Å²) in [7, 11) is 0. The summed E-state index contributed by atoms with van der Waals surface area (Å²) in [5, 5.41) is 14.8. The highest BCUT2D eigenvalue weighted by Gasteiger charge is 2.17. The Morgan fingerprint density at radius 2 is 1.48 bits per heavy atom. The first-order chi connectivity index (χ1) is 11.2. The van der Waals surface area contributed by atoms with Gasteiger partial charge in [0.25, 0.3) is 0 Å². The first kappa shape index (κ1) is 17.0. The number of amides is 2. The number of carbonyl (C=O) groups is 1. The highest BCUT2D eigenvalue weighted by atomic mass is 16.3. The first-order valence-electron chi connectivity index (χ1n) is 7.98. The molecule has 0 aromatic heterocycles. The molecule has 0 aliphatic rings. The molecule has 2 aromatic rings. The van der Waals surface area contributed by atoms with Crippen LogP contribution in [0, 0.1) is 0 Å². The fourth-order valence-corrected chi connectivity index (χ4v) is 2.52. The monoisotopic (exact) mass is 312 g/mol. The molecule has 0 aliphatic carbocycles. The van der Waals surface area contributed by atoms with Gasteiger partial charge in [0.1, 0.15) is 0 Å². The number of urea groups is 1. The van der Waals surface area contributed by atoms with Crippen molar-refractivity contribution in [2.24, 2.45) is 0 Å². The van der Waals surface area contributed by atoms with Gasteiger partial charge in [-0.1, -0.05) is 60.7 Å². The van der Waals surface area contributed by atoms with Crippen LogP contribution in [0.2, 0.25) is 0 Å². The summed E-state index contributed by atoms with van der Waals surface area (Å²) in [4.78, 5) is 12.3. The van der Waals surface area contributed by atoms with Gasteiger partial charge < -0.3 is 15.7 Å². The minimum Gasteiger partial charge on any atom is -0.396 e. The van der Waals surface area contributed by atoms with Gasteiger partial charge in [-0.25, -0.2) is 4.79 Å². The molecule has 23 heavy (non-hydrogen) atoms. The Morgan fingerprint density at radius 1 is 0.957 bits per heavy atom. The van der Waals surface area contributed by atoms with E-state index in [1.54, 1.807) is 0 Å². The van der Waals surface area contributed by atoms with Crippen molar-refractivity contribution < 1.29 is 9.90 Å². The molecule has 0 fully saturated rings. The van der Waals surface area contributed by atoms with Crippen LogP contribution in [0.3, 0.4) is 0 Å². The molecule has 4 nitrogen and oxygen atoms in total. The Kier molecular flexibility index (Phi) is 6.63. The Bertz CT molecular complexity index is 547. The molecular formula is C19H24N2O2. The van der Waals surface area contributed by atoms with Crippen LogP contribution in [0.25, 0.3) is 0 Å². The van der Waals surface area contributed by atoms with Gasteiger partial charge in [-0.05, 0) is 30.9 Å². The summed E-state index contributed by atoms with van der Waals surface area (Å²) in [6.45, 7) is 2.08. The average Bonchev–Trinajstić information content (AvgIpc) is 2.59. The molecule has 0 heterocycles. The molecule has 4 heteroatoms. The molecule has 1 atom stereocenters. The van der Waals surface area contributed by atoms with E-state index >= 15 is 0 Å². The maximum absolute atomic E-state index is 12.3. The van der Waals surface area contributed by atoms with E-state index in [1.165, 1.54) is 0 Å². The summed E-state index contributed by atoms with van der Waals surface area (Å²) in [6.07, 6.45) is 1.44. The quantitative estimate of drug-likeness (QED) is 0.735. The van der Waals surface area contributed by atoms with Crippen LogP contribution in [0.4, 0.5) is 4.79 Å². The minimum atomic E-state index is -0.201. The number of nitrogens with one attached hydrogen (secondary N) is 2. The van der Waals surface area contributed by atoms with E-state index in [1.807, 2.05) is 67.6 Å². The van der Waals surface area contributed by atoms with E-state index in [4.69, 9.17) is 5.11 Å². The van der Waals surface area contributed by atoms with Crippen LogP contribution in [0.15, 0.2) is 60.7 Å². The third-order valence-electron chi connectivity index (χ3n) is 3.71. The number of aliphatic hydroxyl groups is 1. The molecule has 1 unspecified atom stereocenters. The Labute approximate surface area is 137 Å². The lowest BCUT2D eigenvalue weighted by Gasteiger charge is -2.22. The molecule has 2 aromatic carbocycles. The summed E-state index contributed by atoms with van der Waals surface area (Å²) in [5.74, 6) is 0. The second kappa shape index (κ2) is 8.96. The lowest BCUT2D eigenvalue weighted by atomic mass is 9.99. The van der Waals surface area contributed by atoms with Crippen molar-refractivity contribution in [3.05, 3.63) is 71.8 Å². The van der Waals surface area contributed by atoms with Gasteiger partial charge in [0.15, 0.2) is 0 Å². The third kappa shape index (κ3) is 5.42. The highest BCUT2D eigenvalue weighted by Crippen LogP contribution is 2.21.